The maximum atomic E-state index is 5.83. The Balaban J connectivity index is 1.62. The number of nitrogens with zero attached hydrogens (tertiary/aromatic N) is 2. The van der Waals surface area contributed by atoms with Crippen LogP contribution in [0.15, 0.2) is 53.6 Å². The van der Waals surface area contributed by atoms with Gasteiger partial charge in [-0.3, -0.25) is 5.43 Å². The summed E-state index contributed by atoms with van der Waals surface area (Å²) >= 11 is 0. The Morgan fingerprint density at radius 3 is 2.65 bits per heavy atom. The molecule has 0 unspecified atom stereocenters. The summed E-state index contributed by atoms with van der Waals surface area (Å²) in [7, 11) is 2.05. The first-order valence-electron chi connectivity index (χ1n) is 7.63. The summed E-state index contributed by atoms with van der Waals surface area (Å²) in [5.74, 6) is 0. The molecule has 0 spiro atoms. The van der Waals surface area contributed by atoms with E-state index in [1.807, 2.05) is 24.3 Å². The molecule has 0 amide bonds. The van der Waals surface area contributed by atoms with Gasteiger partial charge in [-0.1, -0.05) is 35.9 Å². The Bertz CT molecular complexity index is 625. The number of hydrazone groups is 1. The van der Waals surface area contributed by atoms with Crippen LogP contribution < -0.4 is 16.1 Å². The number of ether oxygens (including phenoxy) is 1. The SMILES string of the molecule is Cc1ccc(N(C)CCOCN/N=C/c2ccccc2N)cc1. The highest BCUT2D eigenvalue weighted by molar-refractivity contribution is 5.86. The summed E-state index contributed by atoms with van der Waals surface area (Å²) in [6, 6.07) is 16.0. The second-order valence-corrected chi connectivity index (χ2v) is 5.35. The van der Waals surface area contributed by atoms with E-state index in [0.29, 0.717) is 19.0 Å². The van der Waals surface area contributed by atoms with E-state index in [9.17, 15) is 0 Å². The third-order valence-electron chi connectivity index (χ3n) is 3.50. The van der Waals surface area contributed by atoms with Crippen LogP contribution in [-0.4, -0.2) is 33.1 Å². The van der Waals surface area contributed by atoms with Gasteiger partial charge < -0.3 is 15.4 Å². The molecule has 0 saturated carbocycles. The molecule has 0 radical (unpaired) electrons. The van der Waals surface area contributed by atoms with Crippen molar-refractivity contribution in [2.75, 3.05) is 37.6 Å². The fraction of sp³-hybridized carbons (Fsp3) is 0.278. The predicted molar refractivity (Wildman–Crippen MR) is 96.9 cm³/mol. The molecule has 3 N–H and O–H groups in total. The molecule has 5 heteroatoms. The number of nitrogens with one attached hydrogen (secondary N) is 1. The molecule has 5 nitrogen and oxygen atoms in total. The van der Waals surface area contributed by atoms with Gasteiger partial charge >= 0.3 is 0 Å². The highest BCUT2D eigenvalue weighted by Gasteiger charge is 1.99. The Labute approximate surface area is 137 Å². The van der Waals surface area contributed by atoms with Gasteiger partial charge in [0, 0.05) is 30.5 Å². The van der Waals surface area contributed by atoms with E-state index in [-0.39, 0.29) is 0 Å². The number of para-hydroxylation sites is 1. The minimum absolute atomic E-state index is 0.366. The molecule has 0 aromatic heterocycles. The first-order valence-corrected chi connectivity index (χ1v) is 7.63. The fourth-order valence-electron chi connectivity index (χ4n) is 2.03. The average Bonchev–Trinajstić information content (AvgIpc) is 2.56. The second-order valence-electron chi connectivity index (χ2n) is 5.35. The van der Waals surface area contributed by atoms with E-state index in [1.165, 1.54) is 11.3 Å². The van der Waals surface area contributed by atoms with Gasteiger partial charge in [-0.25, -0.2) is 0 Å². The third kappa shape index (κ3) is 5.64. The lowest BCUT2D eigenvalue weighted by atomic mass is 10.2. The monoisotopic (exact) mass is 312 g/mol. The Morgan fingerprint density at radius 1 is 1.17 bits per heavy atom. The molecule has 2 rings (SSSR count). The summed E-state index contributed by atoms with van der Waals surface area (Å²) in [6.07, 6.45) is 1.69. The van der Waals surface area contributed by atoms with Crippen molar-refractivity contribution >= 4 is 17.6 Å². The van der Waals surface area contributed by atoms with Gasteiger partial charge in [0.25, 0.3) is 0 Å². The lowest BCUT2D eigenvalue weighted by Crippen LogP contribution is -2.24. The van der Waals surface area contributed by atoms with Gasteiger partial charge in [0.1, 0.15) is 6.73 Å². The van der Waals surface area contributed by atoms with Crippen molar-refractivity contribution in [3.05, 3.63) is 59.7 Å². The van der Waals surface area contributed by atoms with Crippen molar-refractivity contribution in [2.24, 2.45) is 5.10 Å². The molecule has 0 atom stereocenters. The molecule has 2 aromatic carbocycles. The molecular weight excluding hydrogens is 288 g/mol. The fourth-order valence-corrected chi connectivity index (χ4v) is 2.03. The minimum atomic E-state index is 0.366. The molecule has 23 heavy (non-hydrogen) atoms. The van der Waals surface area contributed by atoms with Crippen LogP contribution in [0.1, 0.15) is 11.1 Å². The topological polar surface area (TPSA) is 62.9 Å². The van der Waals surface area contributed by atoms with Crippen LogP contribution in [0.3, 0.4) is 0 Å². The molecule has 0 saturated heterocycles. The lowest BCUT2D eigenvalue weighted by Gasteiger charge is -2.19. The number of hydrogen-bond donors (Lipinski definition) is 2. The molecule has 0 aliphatic rings. The summed E-state index contributed by atoms with van der Waals surface area (Å²) in [4.78, 5) is 2.16. The number of aryl methyl sites for hydroxylation is 1. The average molecular weight is 312 g/mol. The normalized spacial score (nSPS) is 10.9. The van der Waals surface area contributed by atoms with E-state index < -0.39 is 0 Å². The van der Waals surface area contributed by atoms with Crippen molar-refractivity contribution in [1.29, 1.82) is 0 Å². The smallest absolute Gasteiger partial charge is 0.132 e. The zero-order valence-electron chi connectivity index (χ0n) is 13.7. The van der Waals surface area contributed by atoms with Crippen molar-refractivity contribution in [2.45, 2.75) is 6.92 Å². The largest absolute Gasteiger partial charge is 0.398 e. The highest BCUT2D eigenvalue weighted by atomic mass is 16.5. The zero-order valence-corrected chi connectivity index (χ0v) is 13.7. The van der Waals surface area contributed by atoms with Crippen LogP contribution in [0.4, 0.5) is 11.4 Å². The quantitative estimate of drug-likeness (QED) is 0.259. The van der Waals surface area contributed by atoms with Crippen LogP contribution in [0.5, 0.6) is 0 Å². The highest BCUT2D eigenvalue weighted by Crippen LogP contribution is 2.12. The van der Waals surface area contributed by atoms with E-state index in [4.69, 9.17) is 10.5 Å². The summed E-state index contributed by atoms with van der Waals surface area (Å²) in [6.45, 7) is 3.90. The predicted octanol–water partition coefficient (Wildman–Crippen LogP) is 2.61. The number of nitrogen functional groups attached to an aromatic ring is 1. The Hall–Kier alpha value is -2.53. The van der Waals surface area contributed by atoms with Gasteiger partial charge in [-0.2, -0.15) is 5.10 Å². The number of likely N-dealkylation sites (N-methyl/N-ethyl adjacent to an activating group) is 1. The van der Waals surface area contributed by atoms with Crippen LogP contribution in [0, 0.1) is 6.92 Å². The van der Waals surface area contributed by atoms with Gasteiger partial charge in [-0.05, 0) is 25.1 Å². The number of benzene rings is 2. The minimum Gasteiger partial charge on any atom is -0.398 e. The molecule has 2 aromatic rings. The van der Waals surface area contributed by atoms with Gasteiger partial charge in [0.05, 0.1) is 12.8 Å². The molecular formula is C18H24N4O. The Kier molecular flexibility index (Phi) is 6.44. The molecule has 0 bridgehead atoms. The van der Waals surface area contributed by atoms with Crippen LogP contribution >= 0.6 is 0 Å². The first kappa shape index (κ1) is 16.8. The summed E-state index contributed by atoms with van der Waals surface area (Å²) < 4.78 is 5.52. The van der Waals surface area contributed by atoms with Gasteiger partial charge in [-0.15, -0.1) is 0 Å². The van der Waals surface area contributed by atoms with E-state index >= 15 is 0 Å². The van der Waals surface area contributed by atoms with Gasteiger partial charge in [0.2, 0.25) is 0 Å². The van der Waals surface area contributed by atoms with Crippen LogP contribution in [-0.2, 0) is 4.74 Å². The number of rotatable bonds is 8. The molecule has 0 heterocycles. The zero-order chi connectivity index (χ0) is 16.5. The van der Waals surface area contributed by atoms with E-state index in [2.05, 4.69) is 53.7 Å². The maximum Gasteiger partial charge on any atom is 0.132 e. The standard InChI is InChI=1S/C18H24N4O/c1-15-7-9-17(10-8-15)22(2)11-12-23-14-21-20-13-16-5-3-4-6-18(16)19/h3-10,13,21H,11-12,14,19H2,1-2H3/b20-13+. The van der Waals surface area contributed by atoms with Crippen LogP contribution in [0.25, 0.3) is 0 Å². The summed E-state index contributed by atoms with van der Waals surface area (Å²) in [5, 5.41) is 4.09. The van der Waals surface area contributed by atoms with Crippen molar-refractivity contribution in [3.8, 4) is 0 Å². The van der Waals surface area contributed by atoms with Crippen molar-refractivity contribution in [3.63, 3.8) is 0 Å². The first-order chi connectivity index (χ1) is 11.2. The van der Waals surface area contributed by atoms with Crippen molar-refractivity contribution in [1.82, 2.24) is 5.43 Å². The third-order valence-corrected chi connectivity index (χ3v) is 3.50. The second kappa shape index (κ2) is 8.80. The van der Waals surface area contributed by atoms with E-state index in [0.717, 1.165) is 12.1 Å². The number of anilines is 2. The van der Waals surface area contributed by atoms with Gasteiger partial charge in [0.15, 0.2) is 0 Å². The summed E-state index contributed by atoms with van der Waals surface area (Å²) in [5.41, 5.74) is 12.7. The van der Waals surface area contributed by atoms with Crippen LogP contribution in [0.2, 0.25) is 0 Å². The lowest BCUT2D eigenvalue weighted by molar-refractivity contribution is 0.124. The molecule has 0 aliphatic heterocycles. The molecule has 122 valence electrons. The maximum absolute atomic E-state index is 5.83. The Morgan fingerprint density at radius 2 is 1.91 bits per heavy atom. The molecule has 0 aliphatic carbocycles. The number of hydrogen-bond acceptors (Lipinski definition) is 5. The van der Waals surface area contributed by atoms with Crippen molar-refractivity contribution < 1.29 is 4.74 Å². The van der Waals surface area contributed by atoms with E-state index in [1.54, 1.807) is 6.21 Å². The molecule has 0 fully saturated rings. The number of nitrogens with two attached hydrogens (primary N) is 1.